The molecule has 1 amide bonds. The molecule has 2 rings (SSSR count). The number of hydrogen-bond acceptors (Lipinski definition) is 4. The largest absolute Gasteiger partial charge is 0.346 e. The number of rotatable bonds is 8. The second kappa shape index (κ2) is 6.81. The number of amides is 1. The van der Waals surface area contributed by atoms with Crippen LogP contribution >= 0.6 is 0 Å². The molecule has 0 bridgehead atoms. The molecule has 0 aromatic carbocycles. The highest BCUT2D eigenvalue weighted by Gasteiger charge is 2.30. The summed E-state index contributed by atoms with van der Waals surface area (Å²) in [5.74, 6) is 1.01. The lowest BCUT2D eigenvalue weighted by Gasteiger charge is -2.19. The Morgan fingerprint density at radius 3 is 2.55 bits per heavy atom. The van der Waals surface area contributed by atoms with Crippen LogP contribution in [-0.2, 0) is 4.79 Å². The maximum absolute atomic E-state index is 12.3. The van der Waals surface area contributed by atoms with Gasteiger partial charge in [0, 0.05) is 5.92 Å². The molecule has 1 aliphatic rings. The zero-order valence-electron chi connectivity index (χ0n) is 12.7. The molecule has 20 heavy (non-hydrogen) atoms. The molecule has 1 atom stereocenters. The van der Waals surface area contributed by atoms with Crippen molar-refractivity contribution >= 4 is 5.91 Å². The Hall–Kier alpha value is -1.46. The van der Waals surface area contributed by atoms with Gasteiger partial charge in [0.2, 0.25) is 5.91 Å². The van der Waals surface area contributed by atoms with Gasteiger partial charge in [0.25, 0.3) is 0 Å². The van der Waals surface area contributed by atoms with Gasteiger partial charge in [-0.05, 0) is 43.0 Å². The first-order valence-electron chi connectivity index (χ1n) is 7.75. The standard InChI is InChI=1S/C14H25N5O/c1-4-6-11(7-5-2)14(20)15-10(3)13-16-17-18-19(13)12-8-9-12/h10-12H,4-9H2,1-3H3,(H,15,20)/t10-/m0/s1. The van der Waals surface area contributed by atoms with Crippen molar-refractivity contribution in [2.75, 3.05) is 0 Å². The van der Waals surface area contributed by atoms with Gasteiger partial charge in [-0.1, -0.05) is 26.7 Å². The average Bonchev–Trinajstić information content (AvgIpc) is 3.15. The van der Waals surface area contributed by atoms with E-state index in [2.05, 4.69) is 34.7 Å². The summed E-state index contributed by atoms with van der Waals surface area (Å²) in [5.41, 5.74) is 0. The number of aromatic nitrogens is 4. The quantitative estimate of drug-likeness (QED) is 0.793. The van der Waals surface area contributed by atoms with Gasteiger partial charge in [0.1, 0.15) is 0 Å². The second-order valence-corrected chi connectivity index (χ2v) is 5.72. The molecular formula is C14H25N5O. The van der Waals surface area contributed by atoms with Gasteiger partial charge in [-0.3, -0.25) is 4.79 Å². The molecule has 1 aliphatic carbocycles. The first-order chi connectivity index (χ1) is 9.67. The van der Waals surface area contributed by atoms with Crippen LogP contribution in [0, 0.1) is 5.92 Å². The summed E-state index contributed by atoms with van der Waals surface area (Å²) < 4.78 is 1.86. The van der Waals surface area contributed by atoms with Crippen LogP contribution in [0.1, 0.15) is 77.2 Å². The molecule has 1 saturated carbocycles. The van der Waals surface area contributed by atoms with E-state index in [1.165, 1.54) is 0 Å². The summed E-state index contributed by atoms with van der Waals surface area (Å²) in [6.07, 6.45) is 6.22. The highest BCUT2D eigenvalue weighted by atomic mass is 16.1. The van der Waals surface area contributed by atoms with E-state index in [0.29, 0.717) is 6.04 Å². The molecule has 0 saturated heterocycles. The van der Waals surface area contributed by atoms with E-state index < -0.39 is 0 Å². The minimum atomic E-state index is -0.130. The Labute approximate surface area is 120 Å². The Morgan fingerprint density at radius 1 is 1.35 bits per heavy atom. The summed E-state index contributed by atoms with van der Waals surface area (Å²) in [6, 6.07) is 0.302. The predicted molar refractivity (Wildman–Crippen MR) is 76.0 cm³/mol. The SMILES string of the molecule is CCCC(CCC)C(=O)N[C@@H](C)c1nnnn1C1CC1. The summed E-state index contributed by atoms with van der Waals surface area (Å²) in [4.78, 5) is 12.3. The zero-order chi connectivity index (χ0) is 14.5. The van der Waals surface area contributed by atoms with Crippen molar-refractivity contribution in [1.82, 2.24) is 25.5 Å². The number of nitrogens with one attached hydrogen (secondary N) is 1. The predicted octanol–water partition coefficient (Wildman–Crippen LogP) is 2.40. The molecule has 0 aliphatic heterocycles. The smallest absolute Gasteiger partial charge is 0.223 e. The van der Waals surface area contributed by atoms with Crippen molar-refractivity contribution in [2.24, 2.45) is 5.92 Å². The van der Waals surface area contributed by atoms with Crippen LogP contribution in [0.3, 0.4) is 0 Å². The summed E-state index contributed by atoms with van der Waals surface area (Å²) >= 11 is 0. The van der Waals surface area contributed by atoms with Crippen molar-refractivity contribution in [3.8, 4) is 0 Å². The fraction of sp³-hybridized carbons (Fsp3) is 0.857. The van der Waals surface area contributed by atoms with E-state index in [4.69, 9.17) is 0 Å². The fourth-order valence-corrected chi connectivity index (χ4v) is 2.56. The maximum atomic E-state index is 12.3. The first kappa shape index (κ1) is 14.9. The van der Waals surface area contributed by atoms with Crippen molar-refractivity contribution in [3.05, 3.63) is 5.82 Å². The average molecular weight is 279 g/mol. The summed E-state index contributed by atoms with van der Waals surface area (Å²) in [5, 5.41) is 14.9. The molecular weight excluding hydrogens is 254 g/mol. The van der Waals surface area contributed by atoms with Crippen molar-refractivity contribution in [3.63, 3.8) is 0 Å². The van der Waals surface area contributed by atoms with E-state index in [-0.39, 0.29) is 17.9 Å². The molecule has 1 fully saturated rings. The van der Waals surface area contributed by atoms with Crippen LogP contribution in [-0.4, -0.2) is 26.1 Å². The van der Waals surface area contributed by atoms with Gasteiger partial charge in [-0.25, -0.2) is 4.68 Å². The Bertz CT molecular complexity index is 435. The van der Waals surface area contributed by atoms with Gasteiger partial charge in [-0.2, -0.15) is 0 Å². The van der Waals surface area contributed by atoms with Gasteiger partial charge < -0.3 is 5.32 Å². The number of carbonyl (C=O) groups is 1. The third-order valence-electron chi connectivity index (χ3n) is 3.80. The minimum Gasteiger partial charge on any atom is -0.346 e. The maximum Gasteiger partial charge on any atom is 0.223 e. The molecule has 0 radical (unpaired) electrons. The highest BCUT2D eigenvalue weighted by molar-refractivity contribution is 5.78. The van der Waals surface area contributed by atoms with Crippen LogP contribution < -0.4 is 5.32 Å². The van der Waals surface area contributed by atoms with Gasteiger partial charge >= 0.3 is 0 Å². The Morgan fingerprint density at radius 2 is 2.00 bits per heavy atom. The van der Waals surface area contributed by atoms with Gasteiger partial charge in [0.05, 0.1) is 12.1 Å². The van der Waals surface area contributed by atoms with Crippen molar-refractivity contribution < 1.29 is 4.79 Å². The topological polar surface area (TPSA) is 72.7 Å². The van der Waals surface area contributed by atoms with E-state index in [9.17, 15) is 4.79 Å². The van der Waals surface area contributed by atoms with Gasteiger partial charge in [0.15, 0.2) is 5.82 Å². The zero-order valence-corrected chi connectivity index (χ0v) is 12.7. The van der Waals surface area contributed by atoms with E-state index in [1.54, 1.807) is 0 Å². The van der Waals surface area contributed by atoms with E-state index in [1.807, 2.05) is 11.6 Å². The minimum absolute atomic E-state index is 0.109. The van der Waals surface area contributed by atoms with Crippen LogP contribution in [0.2, 0.25) is 0 Å². The summed E-state index contributed by atoms with van der Waals surface area (Å²) in [6.45, 7) is 6.19. The molecule has 1 N–H and O–H groups in total. The molecule has 6 nitrogen and oxygen atoms in total. The molecule has 0 unspecified atom stereocenters. The molecule has 1 aromatic heterocycles. The number of carbonyl (C=O) groups excluding carboxylic acids is 1. The van der Waals surface area contributed by atoms with E-state index >= 15 is 0 Å². The Kier molecular flexibility index (Phi) is 5.09. The third kappa shape index (κ3) is 3.55. The lowest BCUT2D eigenvalue weighted by atomic mass is 9.97. The molecule has 0 spiro atoms. The van der Waals surface area contributed by atoms with Crippen LogP contribution in [0.5, 0.6) is 0 Å². The fourth-order valence-electron chi connectivity index (χ4n) is 2.56. The normalized spacial score (nSPS) is 16.4. The number of tetrazole rings is 1. The second-order valence-electron chi connectivity index (χ2n) is 5.72. The molecule has 112 valence electrons. The van der Waals surface area contributed by atoms with Gasteiger partial charge in [-0.15, -0.1) is 5.10 Å². The Balaban J connectivity index is 1.96. The monoisotopic (exact) mass is 279 g/mol. The van der Waals surface area contributed by atoms with Crippen LogP contribution in [0.25, 0.3) is 0 Å². The van der Waals surface area contributed by atoms with Crippen molar-refractivity contribution in [2.45, 2.75) is 71.4 Å². The third-order valence-corrected chi connectivity index (χ3v) is 3.80. The van der Waals surface area contributed by atoms with Crippen LogP contribution in [0.15, 0.2) is 0 Å². The number of nitrogens with zero attached hydrogens (tertiary/aromatic N) is 4. The van der Waals surface area contributed by atoms with Crippen LogP contribution in [0.4, 0.5) is 0 Å². The van der Waals surface area contributed by atoms with Crippen molar-refractivity contribution in [1.29, 1.82) is 0 Å². The lowest BCUT2D eigenvalue weighted by Crippen LogP contribution is -2.34. The molecule has 6 heteroatoms. The number of hydrogen-bond donors (Lipinski definition) is 1. The van der Waals surface area contributed by atoms with E-state index in [0.717, 1.165) is 44.3 Å². The summed E-state index contributed by atoms with van der Waals surface area (Å²) in [7, 11) is 0. The molecule has 1 heterocycles. The highest BCUT2D eigenvalue weighted by Crippen LogP contribution is 2.35. The molecule has 1 aromatic rings. The first-order valence-corrected chi connectivity index (χ1v) is 7.75. The lowest BCUT2D eigenvalue weighted by molar-refractivity contribution is -0.126.